The van der Waals surface area contributed by atoms with Gasteiger partial charge < -0.3 is 14.9 Å². The minimum Gasteiger partial charge on any atom is -0.327 e. The van der Waals surface area contributed by atoms with Gasteiger partial charge in [0, 0.05) is 18.3 Å². The highest BCUT2D eigenvalue weighted by molar-refractivity contribution is 5.91. The first-order valence-electron chi connectivity index (χ1n) is 10.0. The van der Waals surface area contributed by atoms with Gasteiger partial charge in [-0.1, -0.05) is 24.3 Å². The number of aromatic amines is 1. The Balaban J connectivity index is 1.36. The Morgan fingerprint density at radius 1 is 0.969 bits per heavy atom. The van der Waals surface area contributed by atoms with E-state index < -0.39 is 17.2 Å². The monoisotopic (exact) mass is 425 g/mol. The molecule has 158 valence electrons. The number of hydrogen-bond acceptors (Lipinski definition) is 4. The van der Waals surface area contributed by atoms with Crippen LogP contribution in [0.3, 0.4) is 0 Å². The molecule has 0 fully saturated rings. The van der Waals surface area contributed by atoms with E-state index in [4.69, 9.17) is 0 Å². The number of hydrogen-bond donors (Lipinski definition) is 2. The highest BCUT2D eigenvalue weighted by Gasteiger charge is 2.13. The van der Waals surface area contributed by atoms with Gasteiger partial charge in [-0.05, 0) is 48.5 Å². The number of aromatic nitrogens is 4. The van der Waals surface area contributed by atoms with Gasteiger partial charge in [0.1, 0.15) is 12.4 Å². The molecule has 0 bridgehead atoms. The van der Waals surface area contributed by atoms with E-state index in [9.17, 15) is 14.4 Å². The number of carbonyl (C=O) groups excluding carboxylic acids is 1. The molecule has 32 heavy (non-hydrogen) atoms. The molecule has 0 saturated carbocycles. The van der Waals surface area contributed by atoms with Crippen molar-refractivity contribution in [1.82, 2.24) is 19.1 Å². The maximum absolute atomic E-state index is 12.6. The van der Waals surface area contributed by atoms with Crippen LogP contribution in [-0.4, -0.2) is 25.0 Å². The molecule has 8 nitrogen and oxygen atoms in total. The second kappa shape index (κ2) is 7.66. The first kappa shape index (κ1) is 19.5. The lowest BCUT2D eigenvalue weighted by atomic mass is 10.2. The molecule has 0 aliphatic heterocycles. The van der Waals surface area contributed by atoms with Crippen LogP contribution in [0.15, 0.2) is 82.4 Å². The Labute approximate surface area is 181 Å². The molecule has 1 amide bonds. The van der Waals surface area contributed by atoms with Gasteiger partial charge in [-0.3, -0.25) is 14.2 Å². The molecule has 8 heteroatoms. The van der Waals surface area contributed by atoms with Crippen LogP contribution in [0, 0.1) is 0 Å². The Morgan fingerprint density at radius 3 is 2.47 bits per heavy atom. The van der Waals surface area contributed by atoms with E-state index in [1.807, 2.05) is 48.0 Å². The predicted molar refractivity (Wildman–Crippen MR) is 124 cm³/mol. The molecule has 2 heterocycles. The molecule has 3 aromatic carbocycles. The fourth-order valence-electron chi connectivity index (χ4n) is 3.79. The molecule has 0 aliphatic rings. The minimum absolute atomic E-state index is 0.353. The van der Waals surface area contributed by atoms with Gasteiger partial charge in [-0.15, -0.1) is 0 Å². The smallest absolute Gasteiger partial charge is 0.327 e. The number of benzene rings is 3. The summed E-state index contributed by atoms with van der Waals surface area (Å²) in [5.74, 6) is 0.349. The van der Waals surface area contributed by atoms with Crippen LogP contribution in [-0.2, 0) is 18.4 Å². The SMILES string of the molecule is Cn1c(-c2ccc(NC(=O)Cn3c(=O)[nH]c4ccccc4c3=O)cc2)nc2ccccc21. The Hall–Kier alpha value is -4.46. The van der Waals surface area contributed by atoms with E-state index in [0.717, 1.165) is 27.0 Å². The summed E-state index contributed by atoms with van der Waals surface area (Å²) in [7, 11) is 1.96. The van der Waals surface area contributed by atoms with E-state index >= 15 is 0 Å². The van der Waals surface area contributed by atoms with Crippen LogP contribution in [0.25, 0.3) is 33.3 Å². The van der Waals surface area contributed by atoms with Gasteiger partial charge in [-0.25, -0.2) is 9.78 Å². The van der Waals surface area contributed by atoms with E-state index in [0.29, 0.717) is 16.6 Å². The van der Waals surface area contributed by atoms with Crippen molar-refractivity contribution in [1.29, 1.82) is 0 Å². The molecule has 0 unspecified atom stereocenters. The number of rotatable bonds is 4. The standard InChI is InChI=1S/C24H19N5O3/c1-28-20-9-5-4-8-19(20)26-22(28)15-10-12-16(13-11-15)25-21(30)14-29-23(31)17-6-2-3-7-18(17)27-24(29)32/h2-13H,14H2,1H3,(H,25,30)(H,27,32). The highest BCUT2D eigenvalue weighted by Crippen LogP contribution is 2.24. The first-order valence-corrected chi connectivity index (χ1v) is 10.0. The number of fused-ring (bicyclic) bond motifs is 2. The van der Waals surface area contributed by atoms with E-state index in [-0.39, 0.29) is 6.54 Å². The van der Waals surface area contributed by atoms with Gasteiger partial charge in [0.05, 0.1) is 21.9 Å². The third kappa shape index (κ3) is 3.37. The second-order valence-electron chi connectivity index (χ2n) is 7.48. The second-order valence-corrected chi connectivity index (χ2v) is 7.48. The number of para-hydroxylation sites is 3. The summed E-state index contributed by atoms with van der Waals surface area (Å²) in [4.78, 5) is 44.7. The predicted octanol–water partition coefficient (Wildman–Crippen LogP) is 2.88. The zero-order valence-corrected chi connectivity index (χ0v) is 17.2. The maximum Gasteiger partial charge on any atom is 0.329 e. The Kier molecular flexibility index (Phi) is 4.67. The molecular weight excluding hydrogens is 406 g/mol. The van der Waals surface area contributed by atoms with Crippen molar-refractivity contribution in [3.63, 3.8) is 0 Å². The first-order chi connectivity index (χ1) is 15.5. The number of nitrogens with one attached hydrogen (secondary N) is 2. The van der Waals surface area contributed by atoms with Crippen LogP contribution in [0.4, 0.5) is 5.69 Å². The molecule has 0 radical (unpaired) electrons. The zero-order chi connectivity index (χ0) is 22.2. The van der Waals surface area contributed by atoms with Gasteiger partial charge in [-0.2, -0.15) is 0 Å². The molecule has 2 aromatic heterocycles. The van der Waals surface area contributed by atoms with Crippen LogP contribution in [0.5, 0.6) is 0 Å². The average Bonchev–Trinajstić information content (AvgIpc) is 3.14. The molecule has 2 N–H and O–H groups in total. The Bertz CT molecular complexity index is 1590. The van der Waals surface area contributed by atoms with Crippen LogP contribution in [0.1, 0.15) is 0 Å². The average molecular weight is 425 g/mol. The number of imidazole rings is 1. The lowest BCUT2D eigenvalue weighted by Crippen LogP contribution is -2.38. The van der Waals surface area contributed by atoms with Crippen LogP contribution >= 0.6 is 0 Å². The lowest BCUT2D eigenvalue weighted by Gasteiger charge is -2.09. The number of carbonyl (C=O) groups is 1. The summed E-state index contributed by atoms with van der Waals surface area (Å²) in [6.45, 7) is -0.383. The lowest BCUT2D eigenvalue weighted by molar-refractivity contribution is -0.116. The van der Waals surface area contributed by atoms with E-state index in [2.05, 4.69) is 15.3 Å². The summed E-state index contributed by atoms with van der Waals surface area (Å²) in [5.41, 5.74) is 2.72. The van der Waals surface area contributed by atoms with Crippen molar-refractivity contribution in [2.24, 2.45) is 7.05 Å². The molecule has 0 atom stereocenters. The fraction of sp³-hybridized carbons (Fsp3) is 0.0833. The summed E-state index contributed by atoms with van der Waals surface area (Å²) in [6, 6.07) is 21.8. The molecule has 5 rings (SSSR count). The van der Waals surface area contributed by atoms with Crippen molar-refractivity contribution in [2.45, 2.75) is 6.54 Å². The topological polar surface area (TPSA) is 102 Å². The number of nitrogens with zero attached hydrogens (tertiary/aromatic N) is 3. The van der Waals surface area contributed by atoms with Gasteiger partial charge in [0.25, 0.3) is 5.56 Å². The summed E-state index contributed by atoms with van der Waals surface area (Å²) in [6.07, 6.45) is 0. The summed E-state index contributed by atoms with van der Waals surface area (Å²) < 4.78 is 2.91. The van der Waals surface area contributed by atoms with Gasteiger partial charge in [0.2, 0.25) is 5.91 Å². The number of H-pyrrole nitrogens is 1. The number of amides is 1. The molecule has 5 aromatic rings. The van der Waals surface area contributed by atoms with Crippen molar-refractivity contribution < 1.29 is 4.79 Å². The number of anilines is 1. The van der Waals surface area contributed by atoms with Crippen LogP contribution < -0.4 is 16.6 Å². The van der Waals surface area contributed by atoms with Gasteiger partial charge >= 0.3 is 5.69 Å². The normalized spacial score (nSPS) is 11.2. The summed E-state index contributed by atoms with van der Waals surface area (Å²) in [5, 5.41) is 3.09. The highest BCUT2D eigenvalue weighted by atomic mass is 16.2. The third-order valence-corrected chi connectivity index (χ3v) is 5.41. The Morgan fingerprint density at radius 2 is 1.69 bits per heavy atom. The quantitative estimate of drug-likeness (QED) is 0.462. The van der Waals surface area contributed by atoms with Crippen molar-refractivity contribution >= 4 is 33.5 Å². The molecule has 0 aliphatic carbocycles. The van der Waals surface area contributed by atoms with E-state index in [1.54, 1.807) is 36.4 Å². The van der Waals surface area contributed by atoms with Crippen LogP contribution in [0.2, 0.25) is 0 Å². The van der Waals surface area contributed by atoms with Crippen molar-refractivity contribution in [2.75, 3.05) is 5.32 Å². The minimum atomic E-state index is -0.624. The maximum atomic E-state index is 12.6. The molecular formula is C24H19N5O3. The van der Waals surface area contributed by atoms with Crippen molar-refractivity contribution in [3.05, 3.63) is 93.6 Å². The largest absolute Gasteiger partial charge is 0.329 e. The van der Waals surface area contributed by atoms with Crippen molar-refractivity contribution in [3.8, 4) is 11.4 Å². The van der Waals surface area contributed by atoms with Gasteiger partial charge in [0.15, 0.2) is 0 Å². The zero-order valence-electron chi connectivity index (χ0n) is 17.2. The molecule has 0 saturated heterocycles. The van der Waals surface area contributed by atoms with E-state index in [1.165, 1.54) is 0 Å². The molecule has 0 spiro atoms. The summed E-state index contributed by atoms with van der Waals surface area (Å²) >= 11 is 0. The fourth-order valence-corrected chi connectivity index (χ4v) is 3.79. The number of aryl methyl sites for hydroxylation is 1. The third-order valence-electron chi connectivity index (χ3n) is 5.41.